The van der Waals surface area contributed by atoms with E-state index in [1.165, 1.54) is 7.11 Å². The smallest absolute Gasteiger partial charge is 0.319 e. The third kappa shape index (κ3) is 3.32. The fraction of sp³-hybridized carbons (Fsp3) is 0.889. The van der Waals surface area contributed by atoms with Crippen molar-refractivity contribution in [3.05, 3.63) is 0 Å². The van der Waals surface area contributed by atoms with E-state index in [-0.39, 0.29) is 18.6 Å². The highest BCUT2D eigenvalue weighted by Crippen LogP contribution is 2.24. The zero-order valence-electron chi connectivity index (χ0n) is 7.95. The van der Waals surface area contributed by atoms with Crippen LogP contribution >= 0.6 is 0 Å². The number of hydrogen-bond acceptors (Lipinski definition) is 4. The first-order chi connectivity index (χ1) is 6.24. The molecule has 2 atom stereocenters. The third-order valence-electron chi connectivity index (χ3n) is 2.52. The Hall–Kier alpha value is -0.610. The van der Waals surface area contributed by atoms with Crippen molar-refractivity contribution in [3.8, 4) is 0 Å². The summed E-state index contributed by atoms with van der Waals surface area (Å²) in [4.78, 5) is 10.7. The van der Waals surface area contributed by atoms with Gasteiger partial charge in [-0.05, 0) is 18.8 Å². The number of aliphatic hydroxyl groups is 1. The molecule has 0 saturated heterocycles. The predicted molar refractivity (Wildman–Crippen MR) is 48.2 cm³/mol. The van der Waals surface area contributed by atoms with Gasteiger partial charge in [0.1, 0.15) is 0 Å². The van der Waals surface area contributed by atoms with Crippen molar-refractivity contribution in [1.82, 2.24) is 5.32 Å². The Morgan fingerprint density at radius 1 is 1.62 bits per heavy atom. The molecule has 0 amide bonds. The minimum absolute atomic E-state index is 0.190. The van der Waals surface area contributed by atoms with Gasteiger partial charge < -0.3 is 15.2 Å². The van der Waals surface area contributed by atoms with Gasteiger partial charge in [0.2, 0.25) is 0 Å². The van der Waals surface area contributed by atoms with Gasteiger partial charge in [-0.15, -0.1) is 0 Å². The summed E-state index contributed by atoms with van der Waals surface area (Å²) in [6.45, 7) is 0.940. The number of ether oxygens (including phenoxy) is 1. The lowest BCUT2D eigenvalue weighted by Crippen LogP contribution is -2.32. The number of rotatable bonds is 4. The molecule has 0 aliphatic heterocycles. The van der Waals surface area contributed by atoms with Crippen LogP contribution in [0.4, 0.5) is 0 Å². The Morgan fingerprint density at radius 3 is 2.92 bits per heavy atom. The van der Waals surface area contributed by atoms with Gasteiger partial charge in [-0.1, -0.05) is 6.42 Å². The van der Waals surface area contributed by atoms with Crippen molar-refractivity contribution < 1.29 is 14.6 Å². The van der Waals surface area contributed by atoms with Crippen molar-refractivity contribution in [2.24, 2.45) is 5.92 Å². The molecule has 4 nitrogen and oxygen atoms in total. The highest BCUT2D eigenvalue weighted by Gasteiger charge is 2.24. The molecule has 1 fully saturated rings. The zero-order chi connectivity index (χ0) is 9.68. The van der Waals surface area contributed by atoms with Gasteiger partial charge in [-0.3, -0.25) is 4.79 Å². The van der Waals surface area contributed by atoms with Crippen LogP contribution in [0.5, 0.6) is 0 Å². The zero-order valence-corrected chi connectivity index (χ0v) is 7.95. The number of carbonyl (C=O) groups excluding carboxylic acids is 1. The molecule has 0 spiro atoms. The average molecular weight is 187 g/mol. The standard InChI is InChI=1S/C9H17NO3/c1-13-9(12)6-10-5-7-3-2-4-8(7)11/h7-8,10-11H,2-6H2,1H3. The monoisotopic (exact) mass is 187 g/mol. The molecule has 4 heteroatoms. The molecule has 1 aliphatic rings. The Labute approximate surface area is 78.3 Å². The topological polar surface area (TPSA) is 58.6 Å². The quantitative estimate of drug-likeness (QED) is 0.604. The molecule has 2 N–H and O–H groups in total. The molecular formula is C9H17NO3. The van der Waals surface area contributed by atoms with E-state index in [9.17, 15) is 9.90 Å². The summed E-state index contributed by atoms with van der Waals surface area (Å²) >= 11 is 0. The summed E-state index contributed by atoms with van der Waals surface area (Å²) in [7, 11) is 1.37. The third-order valence-corrected chi connectivity index (χ3v) is 2.52. The molecule has 0 aromatic carbocycles. The number of nitrogens with one attached hydrogen (secondary N) is 1. The molecular weight excluding hydrogens is 170 g/mol. The van der Waals surface area contributed by atoms with Crippen molar-refractivity contribution in [1.29, 1.82) is 0 Å². The van der Waals surface area contributed by atoms with E-state index in [2.05, 4.69) is 10.1 Å². The first kappa shape index (κ1) is 10.5. The van der Waals surface area contributed by atoms with Crippen molar-refractivity contribution in [2.75, 3.05) is 20.2 Å². The fourth-order valence-corrected chi connectivity index (χ4v) is 1.69. The lowest BCUT2D eigenvalue weighted by atomic mass is 10.1. The Balaban J connectivity index is 2.08. The van der Waals surface area contributed by atoms with Gasteiger partial charge in [0.05, 0.1) is 19.8 Å². The summed E-state index contributed by atoms with van der Waals surface area (Å²) in [5, 5.41) is 12.4. The number of hydrogen-bond donors (Lipinski definition) is 2. The number of esters is 1. The fourth-order valence-electron chi connectivity index (χ4n) is 1.69. The highest BCUT2D eigenvalue weighted by atomic mass is 16.5. The second-order valence-electron chi connectivity index (χ2n) is 3.47. The predicted octanol–water partition coefficient (Wildman–Crippen LogP) is -0.0900. The molecule has 0 aromatic rings. The maximum atomic E-state index is 10.7. The number of methoxy groups -OCH3 is 1. The van der Waals surface area contributed by atoms with Gasteiger partial charge in [0, 0.05) is 6.54 Å². The van der Waals surface area contributed by atoms with Crippen LogP contribution in [-0.4, -0.2) is 37.4 Å². The van der Waals surface area contributed by atoms with Crippen LogP contribution in [0.3, 0.4) is 0 Å². The van der Waals surface area contributed by atoms with Crippen molar-refractivity contribution >= 4 is 5.97 Å². The van der Waals surface area contributed by atoms with Gasteiger partial charge in [-0.2, -0.15) is 0 Å². The summed E-state index contributed by atoms with van der Waals surface area (Å²) in [6.07, 6.45) is 2.84. The Bertz CT molecular complexity index is 172. The minimum atomic E-state index is -0.257. The lowest BCUT2D eigenvalue weighted by molar-refractivity contribution is -0.139. The second kappa shape index (κ2) is 5.19. The highest BCUT2D eigenvalue weighted by molar-refractivity contribution is 5.71. The summed E-state index contributed by atoms with van der Waals surface area (Å²) < 4.78 is 4.48. The maximum absolute atomic E-state index is 10.7. The second-order valence-corrected chi connectivity index (χ2v) is 3.47. The van der Waals surface area contributed by atoms with Crippen molar-refractivity contribution in [3.63, 3.8) is 0 Å². The minimum Gasteiger partial charge on any atom is -0.468 e. The molecule has 1 rings (SSSR count). The average Bonchev–Trinajstić information content (AvgIpc) is 2.52. The van der Waals surface area contributed by atoms with Crippen molar-refractivity contribution in [2.45, 2.75) is 25.4 Å². The Morgan fingerprint density at radius 2 is 2.38 bits per heavy atom. The number of aliphatic hydroxyl groups excluding tert-OH is 1. The molecule has 76 valence electrons. The van der Waals surface area contributed by atoms with E-state index in [1.54, 1.807) is 0 Å². The Kier molecular flexibility index (Phi) is 4.18. The number of carbonyl (C=O) groups is 1. The van der Waals surface area contributed by atoms with Gasteiger partial charge >= 0.3 is 5.97 Å². The van der Waals surface area contributed by atoms with Gasteiger partial charge in [0.25, 0.3) is 0 Å². The molecule has 0 aromatic heterocycles. The van der Waals surface area contributed by atoms with Crippen LogP contribution < -0.4 is 5.32 Å². The van der Waals surface area contributed by atoms with Crippen LogP contribution in [0.25, 0.3) is 0 Å². The molecule has 0 heterocycles. The van der Waals surface area contributed by atoms with Crippen LogP contribution in [0.15, 0.2) is 0 Å². The molecule has 0 radical (unpaired) electrons. The maximum Gasteiger partial charge on any atom is 0.319 e. The first-order valence-electron chi connectivity index (χ1n) is 4.69. The van der Waals surface area contributed by atoms with E-state index >= 15 is 0 Å². The van der Waals surface area contributed by atoms with E-state index in [1.807, 2.05) is 0 Å². The molecule has 2 unspecified atom stereocenters. The van der Waals surface area contributed by atoms with Crippen LogP contribution in [0.1, 0.15) is 19.3 Å². The summed E-state index contributed by atoms with van der Waals surface area (Å²) in [5.41, 5.74) is 0. The molecule has 0 bridgehead atoms. The normalized spacial score (nSPS) is 27.5. The SMILES string of the molecule is COC(=O)CNCC1CCCC1O. The van der Waals surface area contributed by atoms with E-state index in [0.29, 0.717) is 12.5 Å². The van der Waals surface area contributed by atoms with Crippen LogP contribution in [-0.2, 0) is 9.53 Å². The summed E-state index contributed by atoms with van der Waals surface area (Å²) in [5.74, 6) is 0.0529. The lowest BCUT2D eigenvalue weighted by Gasteiger charge is -2.14. The van der Waals surface area contributed by atoms with Gasteiger partial charge in [0.15, 0.2) is 0 Å². The summed E-state index contributed by atoms with van der Waals surface area (Å²) in [6, 6.07) is 0. The van der Waals surface area contributed by atoms with Crippen LogP contribution in [0, 0.1) is 5.92 Å². The first-order valence-corrected chi connectivity index (χ1v) is 4.69. The molecule has 13 heavy (non-hydrogen) atoms. The van der Waals surface area contributed by atoms with E-state index in [0.717, 1.165) is 19.3 Å². The van der Waals surface area contributed by atoms with E-state index in [4.69, 9.17) is 0 Å². The van der Waals surface area contributed by atoms with E-state index < -0.39 is 0 Å². The molecule has 1 aliphatic carbocycles. The van der Waals surface area contributed by atoms with Crippen LogP contribution in [0.2, 0.25) is 0 Å². The molecule has 1 saturated carbocycles. The van der Waals surface area contributed by atoms with Gasteiger partial charge in [-0.25, -0.2) is 0 Å². The largest absolute Gasteiger partial charge is 0.468 e.